The lowest BCUT2D eigenvalue weighted by Gasteiger charge is -2.30. The van der Waals surface area contributed by atoms with Crippen LogP contribution in [0, 0.1) is 0 Å². The first-order valence-electron chi connectivity index (χ1n) is 13.4. The predicted octanol–water partition coefficient (Wildman–Crippen LogP) is 3.38. The number of halogens is 3. The number of pyridine rings is 1. The van der Waals surface area contributed by atoms with E-state index in [1.165, 1.54) is 6.07 Å². The summed E-state index contributed by atoms with van der Waals surface area (Å²) in [5, 5.41) is 9.30. The molecule has 5 rings (SSSR count). The van der Waals surface area contributed by atoms with Gasteiger partial charge in [0, 0.05) is 49.6 Å². The summed E-state index contributed by atoms with van der Waals surface area (Å²) >= 11 is 0. The number of carbonyl (C=O) groups excluding carboxylic acids is 1. The zero-order chi connectivity index (χ0) is 26.5. The molecule has 0 bridgehead atoms. The third kappa shape index (κ3) is 6.93. The lowest BCUT2D eigenvalue weighted by molar-refractivity contribution is -0.154. The van der Waals surface area contributed by atoms with Crippen LogP contribution in [0.4, 0.5) is 13.2 Å². The van der Waals surface area contributed by atoms with Crippen molar-refractivity contribution in [3.05, 3.63) is 46.8 Å². The van der Waals surface area contributed by atoms with Crippen LogP contribution < -0.4 is 10.1 Å². The number of nitrogens with zero attached hydrogens (tertiary/aromatic N) is 4. The van der Waals surface area contributed by atoms with Crippen LogP contribution in [0.15, 0.2) is 40.7 Å². The molecule has 11 heteroatoms. The molecule has 0 unspecified atom stereocenters. The Bertz CT molecular complexity index is 1100. The van der Waals surface area contributed by atoms with Gasteiger partial charge in [-0.15, -0.1) is 0 Å². The second-order valence-electron chi connectivity index (χ2n) is 10.2. The summed E-state index contributed by atoms with van der Waals surface area (Å²) < 4.78 is 48.2. The minimum absolute atomic E-state index is 0.0213. The van der Waals surface area contributed by atoms with Crippen molar-refractivity contribution in [2.75, 3.05) is 39.4 Å². The maximum atomic E-state index is 12.8. The molecule has 0 aliphatic carbocycles. The van der Waals surface area contributed by atoms with Crippen LogP contribution in [0.3, 0.4) is 0 Å². The quantitative estimate of drug-likeness (QED) is 0.552. The van der Waals surface area contributed by atoms with Crippen LogP contribution in [-0.4, -0.2) is 84.7 Å². The van der Waals surface area contributed by atoms with Crippen molar-refractivity contribution in [3.8, 4) is 5.88 Å². The minimum Gasteiger partial charge on any atom is -0.468 e. The van der Waals surface area contributed by atoms with E-state index in [0.29, 0.717) is 19.4 Å². The Morgan fingerprint density at radius 2 is 2.03 bits per heavy atom. The summed E-state index contributed by atoms with van der Waals surface area (Å²) in [6, 6.07) is 3.39. The van der Waals surface area contributed by atoms with Gasteiger partial charge in [-0.05, 0) is 62.8 Å². The van der Waals surface area contributed by atoms with Gasteiger partial charge in [-0.3, -0.25) is 9.80 Å². The Kier molecular flexibility index (Phi) is 8.32. The molecule has 2 atom stereocenters. The molecule has 0 aromatic carbocycles. The zero-order valence-corrected chi connectivity index (χ0v) is 21.4. The lowest BCUT2D eigenvalue weighted by atomic mass is 10.0. The highest BCUT2D eigenvalue weighted by Gasteiger charge is 2.30. The number of allylic oxidation sites excluding steroid dienone is 2. The third-order valence-corrected chi connectivity index (χ3v) is 7.48. The molecule has 38 heavy (non-hydrogen) atoms. The van der Waals surface area contributed by atoms with Crippen LogP contribution >= 0.6 is 0 Å². The van der Waals surface area contributed by atoms with Crippen LogP contribution in [0.1, 0.15) is 43.4 Å². The summed E-state index contributed by atoms with van der Waals surface area (Å²) in [6.07, 6.45) is 7.35. The highest BCUT2D eigenvalue weighted by molar-refractivity contribution is 5.95. The van der Waals surface area contributed by atoms with E-state index in [-0.39, 0.29) is 23.9 Å². The second kappa shape index (κ2) is 11.9. The van der Waals surface area contributed by atoms with Crippen molar-refractivity contribution in [2.24, 2.45) is 5.10 Å². The van der Waals surface area contributed by atoms with Gasteiger partial charge in [0.25, 0.3) is 0 Å². The smallest absolute Gasteiger partial charge is 0.422 e. The van der Waals surface area contributed by atoms with Gasteiger partial charge in [-0.1, -0.05) is 6.07 Å². The van der Waals surface area contributed by atoms with Gasteiger partial charge in [-0.25, -0.2) is 4.98 Å². The molecule has 1 fully saturated rings. The Labute approximate surface area is 220 Å². The predicted molar refractivity (Wildman–Crippen MR) is 136 cm³/mol. The standard InChI is InChI=1S/C27H34F3N5O3/c28-27(29,30)18-38-25-8-5-19-9-14-34(15-11-23(19)33-25)13-2-3-21-7-6-20(17-37-21)32-26(36)22-10-16-35-24(22)4-1-12-31-35/h1,4-5,8,12,20-21H,2-3,6-7,9-11,13-18H2,(H,32,36)/t20-,21-/m0/s1. The Hall–Kier alpha value is -2.92. The molecular formula is C27H34F3N5O3. The van der Waals surface area contributed by atoms with Gasteiger partial charge in [0.1, 0.15) is 0 Å². The fourth-order valence-corrected chi connectivity index (χ4v) is 5.44. The summed E-state index contributed by atoms with van der Waals surface area (Å²) in [4.78, 5) is 19.5. The molecule has 1 aromatic rings. The lowest BCUT2D eigenvalue weighted by Crippen LogP contribution is -2.43. The first-order chi connectivity index (χ1) is 18.3. The topological polar surface area (TPSA) is 79.3 Å². The number of aromatic nitrogens is 1. The van der Waals surface area contributed by atoms with E-state index in [9.17, 15) is 18.0 Å². The van der Waals surface area contributed by atoms with Gasteiger partial charge in [-0.2, -0.15) is 18.3 Å². The van der Waals surface area contributed by atoms with Crippen LogP contribution in [0.2, 0.25) is 0 Å². The minimum atomic E-state index is -4.37. The van der Waals surface area contributed by atoms with Crippen LogP contribution in [-0.2, 0) is 22.4 Å². The van der Waals surface area contributed by atoms with E-state index < -0.39 is 12.8 Å². The molecule has 1 aromatic heterocycles. The molecule has 0 saturated carbocycles. The SMILES string of the molecule is O=C(N[C@H]1CC[C@H](CCCN2CCc3ccc(OCC(F)(F)F)nc3CC2)OC1)C1=C2C=CC=NN2CC1. The van der Waals surface area contributed by atoms with E-state index in [0.717, 1.165) is 80.8 Å². The molecule has 1 N–H and O–H groups in total. The number of carbonyl (C=O) groups is 1. The van der Waals surface area contributed by atoms with Crippen molar-refractivity contribution >= 4 is 12.1 Å². The fourth-order valence-electron chi connectivity index (χ4n) is 5.44. The van der Waals surface area contributed by atoms with Crippen molar-refractivity contribution < 1.29 is 27.4 Å². The van der Waals surface area contributed by atoms with E-state index in [1.807, 2.05) is 23.2 Å². The number of hydrogen-bond donors (Lipinski definition) is 1. The number of ether oxygens (including phenoxy) is 2. The van der Waals surface area contributed by atoms with Crippen LogP contribution in [0.5, 0.6) is 5.88 Å². The number of nitrogens with one attached hydrogen (secondary N) is 1. The molecule has 5 heterocycles. The molecule has 4 aliphatic rings. The summed E-state index contributed by atoms with van der Waals surface area (Å²) in [6.45, 7) is 2.59. The van der Waals surface area contributed by atoms with Crippen molar-refractivity contribution in [3.63, 3.8) is 0 Å². The fraction of sp³-hybridized carbons (Fsp3) is 0.593. The van der Waals surface area contributed by atoms with Gasteiger partial charge >= 0.3 is 6.18 Å². The average Bonchev–Trinajstić information content (AvgIpc) is 3.24. The van der Waals surface area contributed by atoms with E-state index in [2.05, 4.69) is 20.3 Å². The van der Waals surface area contributed by atoms with E-state index in [4.69, 9.17) is 9.47 Å². The maximum absolute atomic E-state index is 12.8. The first-order valence-corrected chi connectivity index (χ1v) is 13.4. The third-order valence-electron chi connectivity index (χ3n) is 7.48. The molecule has 0 spiro atoms. The van der Waals surface area contributed by atoms with Crippen molar-refractivity contribution in [2.45, 2.75) is 63.3 Å². The summed E-state index contributed by atoms with van der Waals surface area (Å²) in [5.74, 6) is 0.00741. The van der Waals surface area contributed by atoms with Gasteiger partial charge < -0.3 is 19.7 Å². The summed E-state index contributed by atoms with van der Waals surface area (Å²) in [5.41, 5.74) is 3.58. The number of amides is 1. The highest BCUT2D eigenvalue weighted by Crippen LogP contribution is 2.27. The van der Waals surface area contributed by atoms with E-state index >= 15 is 0 Å². The number of rotatable bonds is 8. The van der Waals surface area contributed by atoms with Crippen molar-refractivity contribution in [1.29, 1.82) is 0 Å². The van der Waals surface area contributed by atoms with Crippen LogP contribution in [0.25, 0.3) is 0 Å². The molecule has 1 amide bonds. The average molecular weight is 534 g/mol. The number of alkyl halides is 3. The normalized spacial score (nSPS) is 23.7. The monoisotopic (exact) mass is 533 g/mol. The van der Waals surface area contributed by atoms with Gasteiger partial charge in [0.15, 0.2) is 6.61 Å². The largest absolute Gasteiger partial charge is 0.468 e. The Morgan fingerprint density at radius 1 is 1.16 bits per heavy atom. The molecule has 8 nitrogen and oxygen atoms in total. The molecule has 1 saturated heterocycles. The van der Waals surface area contributed by atoms with Crippen molar-refractivity contribution in [1.82, 2.24) is 20.2 Å². The summed E-state index contributed by atoms with van der Waals surface area (Å²) in [7, 11) is 0. The Morgan fingerprint density at radius 3 is 2.84 bits per heavy atom. The first kappa shape index (κ1) is 26.7. The second-order valence-corrected chi connectivity index (χ2v) is 10.2. The van der Waals surface area contributed by atoms with Gasteiger partial charge in [0.2, 0.25) is 11.8 Å². The molecule has 4 aliphatic heterocycles. The molecule has 206 valence electrons. The molecular weight excluding hydrogens is 499 g/mol. The number of hydrazone groups is 1. The number of hydrogen-bond acceptors (Lipinski definition) is 7. The number of fused-ring (bicyclic) bond motifs is 2. The highest BCUT2D eigenvalue weighted by atomic mass is 19.4. The molecule has 0 radical (unpaired) electrons. The Balaban J connectivity index is 1.00. The van der Waals surface area contributed by atoms with Gasteiger partial charge in [0.05, 0.1) is 24.4 Å². The zero-order valence-electron chi connectivity index (χ0n) is 21.4. The maximum Gasteiger partial charge on any atom is 0.422 e. The van der Waals surface area contributed by atoms with E-state index in [1.54, 1.807) is 6.21 Å².